The van der Waals surface area contributed by atoms with Crippen molar-refractivity contribution >= 4 is 0 Å². The molecule has 258 valence electrons. The molecule has 0 radical (unpaired) electrons. The van der Waals surface area contributed by atoms with Crippen LogP contribution in [0.3, 0.4) is 0 Å². The van der Waals surface area contributed by atoms with Gasteiger partial charge in [0.2, 0.25) is 0 Å². The Kier molecular flexibility index (Phi) is 8.09. The number of hydrogen-bond donors (Lipinski definition) is 8. The van der Waals surface area contributed by atoms with E-state index in [0.29, 0.717) is 19.4 Å². The predicted molar refractivity (Wildman–Crippen MR) is 156 cm³/mol. The van der Waals surface area contributed by atoms with Crippen molar-refractivity contribution in [1.29, 1.82) is 0 Å². The van der Waals surface area contributed by atoms with Gasteiger partial charge in [-0.1, -0.05) is 27.7 Å². The van der Waals surface area contributed by atoms with Crippen LogP contribution in [-0.4, -0.2) is 127 Å². The molecule has 0 aromatic rings. The van der Waals surface area contributed by atoms with Crippen molar-refractivity contribution in [3.8, 4) is 0 Å². The fourth-order valence-corrected chi connectivity index (χ4v) is 11.8. The first-order valence-corrected chi connectivity index (χ1v) is 17.1. The molecule has 0 amide bonds. The first kappa shape index (κ1) is 33.0. The number of rotatable bonds is 3. The van der Waals surface area contributed by atoms with Gasteiger partial charge < -0.3 is 59.8 Å². The maximum absolute atomic E-state index is 11.8. The highest BCUT2D eigenvalue weighted by atomic mass is 16.7. The topological polar surface area (TPSA) is 199 Å². The SMILES string of the molecule is C[C@@H]1CO[C@]2(C[C@@H]1O[C@@H]1O[C@H](CO)[C@@H](O)[C@H](O)[C@H]1O)O[C@H]1C[C@H]3[C@@H]4C[C@@H](O)[C@@]5(O)C[C@@H](O)[C@H](O)C[C@]5(C)[C@H]4CC[C@]3(C)[C@H]1[C@@H]2C. The minimum Gasteiger partial charge on any atom is -0.394 e. The van der Waals surface area contributed by atoms with Gasteiger partial charge in [0, 0.05) is 30.1 Å². The Balaban J connectivity index is 1.10. The fraction of sp³-hybridized carbons (Fsp3) is 1.00. The number of aliphatic hydroxyl groups excluding tert-OH is 7. The lowest BCUT2D eigenvalue weighted by atomic mass is 9.42. The molecule has 45 heavy (non-hydrogen) atoms. The molecule has 0 unspecified atom stereocenters. The Hall–Kier alpha value is -0.480. The Morgan fingerprint density at radius 2 is 1.58 bits per heavy atom. The second-order valence-electron chi connectivity index (χ2n) is 16.4. The molecule has 1 spiro atoms. The fourth-order valence-electron chi connectivity index (χ4n) is 11.8. The summed E-state index contributed by atoms with van der Waals surface area (Å²) in [6, 6.07) is 0. The quantitative estimate of drug-likeness (QED) is 0.199. The second kappa shape index (κ2) is 11.0. The van der Waals surface area contributed by atoms with E-state index in [1.165, 1.54) is 0 Å². The molecule has 3 aliphatic heterocycles. The monoisotopic (exact) mass is 642 g/mol. The summed E-state index contributed by atoms with van der Waals surface area (Å²) >= 11 is 0. The molecule has 0 bridgehead atoms. The average molecular weight is 643 g/mol. The number of hydrogen-bond acceptors (Lipinski definition) is 12. The van der Waals surface area contributed by atoms with Gasteiger partial charge >= 0.3 is 0 Å². The van der Waals surface area contributed by atoms with E-state index < -0.39 is 78.5 Å². The van der Waals surface area contributed by atoms with Crippen molar-refractivity contribution in [3.05, 3.63) is 0 Å². The van der Waals surface area contributed by atoms with Crippen LogP contribution in [0.1, 0.15) is 72.6 Å². The Morgan fingerprint density at radius 3 is 2.29 bits per heavy atom. The van der Waals surface area contributed by atoms with Gasteiger partial charge in [0.15, 0.2) is 12.1 Å². The van der Waals surface area contributed by atoms with E-state index in [9.17, 15) is 40.9 Å². The zero-order valence-corrected chi connectivity index (χ0v) is 26.8. The second-order valence-corrected chi connectivity index (χ2v) is 16.4. The smallest absolute Gasteiger partial charge is 0.186 e. The van der Waals surface area contributed by atoms with E-state index in [0.717, 1.165) is 19.3 Å². The molecule has 7 rings (SSSR count). The van der Waals surface area contributed by atoms with Crippen LogP contribution in [0.5, 0.6) is 0 Å². The van der Waals surface area contributed by atoms with Crippen LogP contribution in [0.25, 0.3) is 0 Å². The molecule has 7 fully saturated rings. The van der Waals surface area contributed by atoms with Crippen LogP contribution in [0.15, 0.2) is 0 Å². The summed E-state index contributed by atoms with van der Waals surface area (Å²) in [6.07, 6.45) is -6.52. The van der Waals surface area contributed by atoms with Crippen LogP contribution in [0.4, 0.5) is 0 Å². The van der Waals surface area contributed by atoms with Crippen LogP contribution in [0, 0.1) is 46.3 Å². The van der Waals surface area contributed by atoms with Gasteiger partial charge in [-0.3, -0.25) is 0 Å². The van der Waals surface area contributed by atoms with Gasteiger partial charge in [-0.2, -0.15) is 0 Å². The summed E-state index contributed by atoms with van der Waals surface area (Å²) in [7, 11) is 0. The largest absolute Gasteiger partial charge is 0.394 e. The average Bonchev–Trinajstić information content (AvgIpc) is 3.43. The number of fused-ring (bicyclic) bond motifs is 7. The van der Waals surface area contributed by atoms with E-state index in [1.54, 1.807) is 0 Å². The minimum absolute atomic E-state index is 0.00938. The normalized spacial score (nSPS) is 62.7. The van der Waals surface area contributed by atoms with E-state index in [4.69, 9.17) is 18.9 Å². The summed E-state index contributed by atoms with van der Waals surface area (Å²) in [4.78, 5) is 0. The van der Waals surface area contributed by atoms with Crippen molar-refractivity contribution in [3.63, 3.8) is 0 Å². The molecule has 12 heteroatoms. The van der Waals surface area contributed by atoms with E-state index >= 15 is 0 Å². The third kappa shape index (κ3) is 4.54. The molecule has 8 N–H and O–H groups in total. The maximum atomic E-state index is 11.8. The van der Waals surface area contributed by atoms with Gasteiger partial charge in [0.05, 0.1) is 49.3 Å². The van der Waals surface area contributed by atoms with Crippen LogP contribution in [-0.2, 0) is 18.9 Å². The third-order valence-corrected chi connectivity index (χ3v) is 14.4. The summed E-state index contributed by atoms with van der Waals surface area (Å²) < 4.78 is 25.4. The molecule has 12 nitrogen and oxygen atoms in total. The molecule has 4 saturated carbocycles. The van der Waals surface area contributed by atoms with Gasteiger partial charge in [0.25, 0.3) is 0 Å². The summed E-state index contributed by atoms with van der Waals surface area (Å²) in [5.41, 5.74) is -2.24. The summed E-state index contributed by atoms with van der Waals surface area (Å²) in [5.74, 6) is -0.256. The number of ether oxygens (including phenoxy) is 4. The molecule has 3 heterocycles. The first-order valence-electron chi connectivity index (χ1n) is 17.1. The molecular weight excluding hydrogens is 588 g/mol. The molecule has 4 aliphatic carbocycles. The highest BCUT2D eigenvalue weighted by Crippen LogP contribution is 2.72. The summed E-state index contributed by atoms with van der Waals surface area (Å²) in [5, 5.41) is 85.1. The van der Waals surface area contributed by atoms with E-state index in [-0.39, 0.29) is 59.9 Å². The highest BCUT2D eigenvalue weighted by molar-refractivity contribution is 5.20. The predicted octanol–water partition coefficient (Wildman–Crippen LogP) is -0.355. The van der Waals surface area contributed by atoms with Gasteiger partial charge in [-0.15, -0.1) is 0 Å². The molecule has 0 aromatic carbocycles. The van der Waals surface area contributed by atoms with Crippen LogP contribution >= 0.6 is 0 Å². The van der Waals surface area contributed by atoms with Gasteiger partial charge in [0.1, 0.15) is 24.4 Å². The van der Waals surface area contributed by atoms with Gasteiger partial charge in [-0.25, -0.2) is 0 Å². The zero-order chi connectivity index (χ0) is 32.4. The van der Waals surface area contributed by atoms with Crippen molar-refractivity contribution < 1.29 is 59.8 Å². The van der Waals surface area contributed by atoms with Crippen molar-refractivity contribution in [2.45, 2.75) is 145 Å². The molecule has 3 saturated heterocycles. The highest BCUT2D eigenvalue weighted by Gasteiger charge is 2.73. The maximum Gasteiger partial charge on any atom is 0.186 e. The number of aliphatic hydroxyl groups is 8. The lowest BCUT2D eigenvalue weighted by Gasteiger charge is -2.66. The molecule has 7 aliphatic rings. The first-order chi connectivity index (χ1) is 21.1. The van der Waals surface area contributed by atoms with Crippen molar-refractivity contribution in [2.75, 3.05) is 13.2 Å². The van der Waals surface area contributed by atoms with Crippen LogP contribution in [0.2, 0.25) is 0 Å². The Labute approximate surface area is 264 Å². The molecule has 0 aromatic heterocycles. The minimum atomic E-state index is -1.52. The lowest BCUT2D eigenvalue weighted by molar-refractivity contribution is -0.344. The summed E-state index contributed by atoms with van der Waals surface area (Å²) in [6.45, 7) is 8.36. The van der Waals surface area contributed by atoms with Crippen LogP contribution < -0.4 is 0 Å². The third-order valence-electron chi connectivity index (χ3n) is 14.4. The Morgan fingerprint density at radius 1 is 0.867 bits per heavy atom. The van der Waals surface area contributed by atoms with Crippen molar-refractivity contribution in [2.24, 2.45) is 46.3 Å². The van der Waals surface area contributed by atoms with E-state index in [2.05, 4.69) is 13.8 Å². The van der Waals surface area contributed by atoms with E-state index in [1.807, 2.05) is 13.8 Å². The zero-order valence-electron chi connectivity index (χ0n) is 26.8. The van der Waals surface area contributed by atoms with Crippen molar-refractivity contribution in [1.82, 2.24) is 0 Å². The van der Waals surface area contributed by atoms with Gasteiger partial charge in [-0.05, 0) is 61.2 Å². The Bertz CT molecular complexity index is 1130. The lowest BCUT2D eigenvalue weighted by Crippen LogP contribution is -2.70. The molecular formula is C33H54O12. The standard InChI is InChI=1S/C33H54O12/c1-14-13-42-33(11-22(14)43-29-28(40)27(39)26(38)23(12-34)44-29)15(2)25-21(45-33)8-18-16-7-24(37)32(41)10-20(36)19(35)9-31(32,4)17(16)5-6-30(18,25)3/h14-29,34-41H,5-13H2,1-4H3/t14-,15+,16-,17+,18+,19-,20-,21+,22+,23-,24-,25+,26-,27+,28-,29-,30+,31-,32+,33-/m1/s1. The molecule has 20 atom stereocenters.